The molecule has 1 N–H and O–H groups in total. The summed E-state index contributed by atoms with van der Waals surface area (Å²) >= 11 is 2.87. The molecular formula is C9H6BrF2NO3. The van der Waals surface area contributed by atoms with Gasteiger partial charge in [-0.15, -0.1) is 4.99 Å². The van der Waals surface area contributed by atoms with E-state index in [0.29, 0.717) is 0 Å². The fourth-order valence-electron chi connectivity index (χ4n) is 1.06. The standard InChI is InChI=1S/C9H6BrF2NO3/c1-16-8-3-6(10)5(2-7(8)15)9(11,12)13-4-14/h2-3,15H,1H3. The maximum atomic E-state index is 13.2. The van der Waals surface area contributed by atoms with E-state index in [4.69, 9.17) is 4.74 Å². The summed E-state index contributed by atoms with van der Waals surface area (Å²) < 4.78 is 31.1. The van der Waals surface area contributed by atoms with E-state index in [0.717, 1.165) is 18.2 Å². The number of aliphatic imine (C=N–C) groups is 1. The summed E-state index contributed by atoms with van der Waals surface area (Å²) in [5.74, 6) is -0.442. The van der Waals surface area contributed by atoms with Crippen molar-refractivity contribution in [2.75, 3.05) is 7.11 Å². The highest BCUT2D eigenvalue weighted by Gasteiger charge is 2.34. The van der Waals surface area contributed by atoms with Gasteiger partial charge in [0.25, 0.3) is 0 Å². The number of benzene rings is 1. The molecule has 0 radical (unpaired) electrons. The smallest absolute Gasteiger partial charge is 0.380 e. The molecule has 16 heavy (non-hydrogen) atoms. The SMILES string of the molecule is COc1cc(Br)c(C(F)(F)N=C=O)cc1O. The number of hydrogen-bond donors (Lipinski definition) is 1. The summed E-state index contributed by atoms with van der Waals surface area (Å²) in [5.41, 5.74) is -0.644. The molecule has 0 fully saturated rings. The van der Waals surface area contributed by atoms with E-state index in [1.807, 2.05) is 0 Å². The van der Waals surface area contributed by atoms with E-state index in [1.54, 1.807) is 0 Å². The van der Waals surface area contributed by atoms with Crippen molar-refractivity contribution in [3.63, 3.8) is 0 Å². The van der Waals surface area contributed by atoms with Crippen molar-refractivity contribution in [2.45, 2.75) is 6.05 Å². The molecule has 4 nitrogen and oxygen atoms in total. The number of nitrogens with zero attached hydrogens (tertiary/aromatic N) is 1. The Morgan fingerprint density at radius 1 is 1.56 bits per heavy atom. The maximum absolute atomic E-state index is 13.2. The average Bonchev–Trinajstić information content (AvgIpc) is 2.20. The van der Waals surface area contributed by atoms with Crippen LogP contribution in [-0.4, -0.2) is 18.3 Å². The zero-order valence-electron chi connectivity index (χ0n) is 8.00. The molecule has 1 rings (SSSR count). The Morgan fingerprint density at radius 3 is 2.69 bits per heavy atom. The van der Waals surface area contributed by atoms with Gasteiger partial charge >= 0.3 is 6.05 Å². The molecule has 0 amide bonds. The number of hydrogen-bond acceptors (Lipinski definition) is 4. The Bertz CT molecular complexity index is 458. The first-order valence-corrected chi connectivity index (χ1v) is 4.75. The van der Waals surface area contributed by atoms with Crippen LogP contribution < -0.4 is 4.74 Å². The van der Waals surface area contributed by atoms with Gasteiger partial charge in [0.05, 0.1) is 12.7 Å². The van der Waals surface area contributed by atoms with E-state index in [1.165, 1.54) is 7.11 Å². The Morgan fingerprint density at radius 2 is 2.19 bits per heavy atom. The second-order valence-electron chi connectivity index (χ2n) is 2.75. The molecule has 1 aromatic rings. The molecule has 0 aromatic heterocycles. The van der Waals surface area contributed by atoms with Crippen LogP contribution >= 0.6 is 15.9 Å². The van der Waals surface area contributed by atoms with Crippen LogP contribution in [0.4, 0.5) is 8.78 Å². The van der Waals surface area contributed by atoms with Crippen molar-refractivity contribution in [2.24, 2.45) is 4.99 Å². The molecule has 0 aliphatic heterocycles. The summed E-state index contributed by atoms with van der Waals surface area (Å²) in [6.07, 6.45) is 0.773. The molecule has 0 unspecified atom stereocenters. The maximum Gasteiger partial charge on any atom is 0.380 e. The third kappa shape index (κ3) is 2.37. The van der Waals surface area contributed by atoms with Crippen LogP contribution in [0.3, 0.4) is 0 Å². The van der Waals surface area contributed by atoms with Crippen LogP contribution in [0.5, 0.6) is 11.5 Å². The van der Waals surface area contributed by atoms with Crippen molar-refractivity contribution >= 4 is 22.0 Å². The first kappa shape index (κ1) is 12.6. The topological polar surface area (TPSA) is 58.9 Å². The third-order valence-corrected chi connectivity index (χ3v) is 2.43. The second kappa shape index (κ2) is 4.59. The van der Waals surface area contributed by atoms with Gasteiger partial charge in [-0.2, -0.15) is 8.78 Å². The van der Waals surface area contributed by atoms with Crippen LogP contribution in [0.25, 0.3) is 0 Å². The lowest BCUT2D eigenvalue weighted by molar-refractivity contribution is 0.00515. The van der Waals surface area contributed by atoms with Crippen molar-refractivity contribution in [3.8, 4) is 11.5 Å². The monoisotopic (exact) mass is 293 g/mol. The molecule has 0 saturated carbocycles. The van der Waals surface area contributed by atoms with Gasteiger partial charge in [0.2, 0.25) is 6.08 Å². The molecule has 1 aromatic carbocycles. The Kier molecular flexibility index (Phi) is 3.62. The quantitative estimate of drug-likeness (QED) is 0.529. The molecule has 0 heterocycles. The number of aromatic hydroxyl groups is 1. The largest absolute Gasteiger partial charge is 0.504 e. The lowest BCUT2D eigenvalue weighted by Crippen LogP contribution is -2.10. The highest BCUT2D eigenvalue weighted by Crippen LogP contribution is 2.40. The van der Waals surface area contributed by atoms with Gasteiger partial charge in [0, 0.05) is 4.47 Å². The van der Waals surface area contributed by atoms with Gasteiger partial charge in [0.1, 0.15) is 0 Å². The van der Waals surface area contributed by atoms with Crippen LogP contribution in [-0.2, 0) is 10.8 Å². The number of ether oxygens (including phenoxy) is 1. The number of phenolic OH excluding ortho intramolecular Hbond substituents is 1. The highest BCUT2D eigenvalue weighted by molar-refractivity contribution is 9.10. The highest BCUT2D eigenvalue weighted by atomic mass is 79.9. The van der Waals surface area contributed by atoms with Gasteiger partial charge in [-0.3, -0.25) is 0 Å². The molecule has 0 aliphatic rings. The minimum Gasteiger partial charge on any atom is -0.504 e. The van der Waals surface area contributed by atoms with Crippen LogP contribution in [0.15, 0.2) is 21.6 Å². The summed E-state index contributed by atoms with van der Waals surface area (Å²) in [7, 11) is 1.28. The minimum atomic E-state index is -3.75. The fraction of sp³-hybridized carbons (Fsp3) is 0.222. The fourth-order valence-corrected chi connectivity index (χ4v) is 1.62. The first-order valence-electron chi connectivity index (χ1n) is 3.96. The van der Waals surface area contributed by atoms with Crippen molar-refractivity contribution in [1.29, 1.82) is 0 Å². The number of halogens is 3. The molecule has 0 spiro atoms. The van der Waals surface area contributed by atoms with Gasteiger partial charge in [-0.05, 0) is 12.1 Å². The van der Waals surface area contributed by atoms with E-state index in [2.05, 4.69) is 20.9 Å². The summed E-state index contributed by atoms with van der Waals surface area (Å²) in [6.45, 7) is 0. The zero-order valence-corrected chi connectivity index (χ0v) is 9.59. The number of alkyl halides is 2. The summed E-state index contributed by atoms with van der Waals surface area (Å²) in [6, 6.07) is -1.83. The van der Waals surface area contributed by atoms with Gasteiger partial charge in [-0.25, -0.2) is 4.79 Å². The third-order valence-electron chi connectivity index (χ3n) is 1.78. The van der Waals surface area contributed by atoms with Crippen molar-refractivity contribution in [1.82, 2.24) is 0 Å². The minimum absolute atomic E-state index is 0.0292. The van der Waals surface area contributed by atoms with Crippen LogP contribution in [0.1, 0.15) is 5.56 Å². The molecule has 0 bridgehead atoms. The van der Waals surface area contributed by atoms with E-state index in [-0.39, 0.29) is 10.2 Å². The van der Waals surface area contributed by atoms with E-state index in [9.17, 15) is 18.7 Å². The number of methoxy groups -OCH3 is 1. The molecule has 7 heteroatoms. The zero-order chi connectivity index (χ0) is 12.3. The second-order valence-corrected chi connectivity index (χ2v) is 3.60. The Balaban J connectivity index is 3.36. The Hall–Kier alpha value is -1.46. The van der Waals surface area contributed by atoms with Crippen LogP contribution in [0.2, 0.25) is 0 Å². The number of isocyanates is 1. The van der Waals surface area contributed by atoms with Gasteiger partial charge < -0.3 is 9.84 Å². The lowest BCUT2D eigenvalue weighted by atomic mass is 10.1. The number of phenols is 1. The van der Waals surface area contributed by atoms with E-state index >= 15 is 0 Å². The molecule has 0 atom stereocenters. The summed E-state index contributed by atoms with van der Waals surface area (Å²) in [4.78, 5) is 12.2. The molecule has 0 saturated heterocycles. The van der Waals surface area contributed by atoms with Gasteiger partial charge in [-0.1, -0.05) is 15.9 Å². The lowest BCUT2D eigenvalue weighted by Gasteiger charge is -2.13. The van der Waals surface area contributed by atoms with Crippen molar-refractivity contribution < 1.29 is 23.4 Å². The predicted octanol–water partition coefficient (Wildman–Crippen LogP) is 2.55. The molecule has 0 aliphatic carbocycles. The number of carbonyl (C=O) groups excluding carboxylic acids is 1. The first-order chi connectivity index (χ1) is 7.42. The average molecular weight is 294 g/mol. The summed E-state index contributed by atoms with van der Waals surface area (Å²) in [5, 5.41) is 9.33. The molecule has 86 valence electrons. The number of rotatable bonds is 3. The normalized spacial score (nSPS) is 10.8. The van der Waals surface area contributed by atoms with Crippen LogP contribution in [0, 0.1) is 0 Å². The molecular weight excluding hydrogens is 288 g/mol. The van der Waals surface area contributed by atoms with E-state index < -0.39 is 17.4 Å². The van der Waals surface area contributed by atoms with Crippen molar-refractivity contribution in [3.05, 3.63) is 22.2 Å². The Labute approximate surface area is 97.7 Å². The van der Waals surface area contributed by atoms with Gasteiger partial charge in [0.15, 0.2) is 11.5 Å². The predicted molar refractivity (Wildman–Crippen MR) is 54.4 cm³/mol.